The summed E-state index contributed by atoms with van der Waals surface area (Å²) in [6.07, 6.45) is 1.89. The van der Waals surface area contributed by atoms with Crippen LogP contribution in [0.3, 0.4) is 0 Å². The molecule has 0 heterocycles. The molecule has 1 amide bonds. The number of nitrogens with zero attached hydrogens (tertiary/aromatic N) is 1. The fourth-order valence-corrected chi connectivity index (χ4v) is 0.690. The number of amides is 1. The van der Waals surface area contributed by atoms with Gasteiger partial charge in [-0.15, -0.1) is 0 Å². The van der Waals surface area contributed by atoms with Crippen molar-refractivity contribution in [2.75, 3.05) is 13.2 Å². The van der Waals surface area contributed by atoms with Crippen molar-refractivity contribution >= 4 is 6.41 Å². The highest BCUT2D eigenvalue weighted by Crippen LogP contribution is 2.00. The second-order valence-corrected chi connectivity index (χ2v) is 2.57. The molecule has 0 aliphatic heterocycles. The van der Waals surface area contributed by atoms with Crippen LogP contribution < -0.4 is 5.73 Å². The van der Waals surface area contributed by atoms with Gasteiger partial charge in [0.2, 0.25) is 6.41 Å². The monoisotopic (exact) mass is 144 g/mol. The minimum Gasteiger partial charge on any atom is -0.332 e. The lowest BCUT2D eigenvalue weighted by atomic mass is 10.1. The Morgan fingerprint density at radius 3 is 2.60 bits per heavy atom. The van der Waals surface area contributed by atoms with Gasteiger partial charge >= 0.3 is 0 Å². The van der Waals surface area contributed by atoms with Gasteiger partial charge in [-0.25, -0.2) is 0 Å². The molecule has 0 aromatic carbocycles. The third-order valence-corrected chi connectivity index (χ3v) is 1.63. The summed E-state index contributed by atoms with van der Waals surface area (Å²) in [7, 11) is 0. The van der Waals surface area contributed by atoms with Gasteiger partial charge in [0.25, 0.3) is 0 Å². The molecule has 2 N–H and O–H groups in total. The number of carbonyl (C=O) groups is 1. The Morgan fingerprint density at radius 2 is 2.30 bits per heavy atom. The van der Waals surface area contributed by atoms with Crippen LogP contribution in [0.4, 0.5) is 0 Å². The molecule has 0 saturated heterocycles. The highest BCUT2D eigenvalue weighted by atomic mass is 16.1. The maximum absolute atomic E-state index is 10.2. The first kappa shape index (κ1) is 9.43. The topological polar surface area (TPSA) is 46.3 Å². The minimum atomic E-state index is 0.327. The lowest BCUT2D eigenvalue weighted by Crippen LogP contribution is -2.32. The zero-order chi connectivity index (χ0) is 7.98. The molecule has 1 atom stereocenters. The summed E-state index contributed by atoms with van der Waals surface area (Å²) < 4.78 is 0. The molecule has 0 aliphatic carbocycles. The van der Waals surface area contributed by atoms with Crippen LogP contribution in [0, 0.1) is 5.92 Å². The molecule has 0 aromatic rings. The Labute approximate surface area is 62.2 Å². The number of hydrogen-bond acceptors (Lipinski definition) is 2. The number of carbonyl (C=O) groups excluding carboxylic acids is 1. The van der Waals surface area contributed by atoms with Gasteiger partial charge in [0.05, 0.1) is 6.67 Å². The summed E-state index contributed by atoms with van der Waals surface area (Å²) in [5, 5.41) is 0. The van der Waals surface area contributed by atoms with E-state index in [2.05, 4.69) is 13.8 Å². The van der Waals surface area contributed by atoms with Gasteiger partial charge in [-0.1, -0.05) is 20.3 Å². The molecule has 0 radical (unpaired) electrons. The Morgan fingerprint density at radius 1 is 1.70 bits per heavy atom. The molecular formula is C7H16N2O. The highest BCUT2D eigenvalue weighted by Gasteiger charge is 2.03. The molecule has 0 spiro atoms. The average molecular weight is 144 g/mol. The van der Waals surface area contributed by atoms with Crippen molar-refractivity contribution < 1.29 is 4.79 Å². The molecule has 0 fully saturated rings. The highest BCUT2D eigenvalue weighted by molar-refractivity contribution is 5.46. The predicted molar refractivity (Wildman–Crippen MR) is 41.3 cm³/mol. The molecule has 0 aliphatic rings. The molecule has 0 saturated carbocycles. The second kappa shape index (κ2) is 5.23. The van der Waals surface area contributed by atoms with Crippen molar-refractivity contribution in [3.05, 3.63) is 0 Å². The van der Waals surface area contributed by atoms with Crippen molar-refractivity contribution in [3.8, 4) is 0 Å². The van der Waals surface area contributed by atoms with Crippen LogP contribution >= 0.6 is 0 Å². The van der Waals surface area contributed by atoms with Crippen molar-refractivity contribution in [3.63, 3.8) is 0 Å². The summed E-state index contributed by atoms with van der Waals surface area (Å²) in [6.45, 7) is 5.31. The van der Waals surface area contributed by atoms with Crippen LogP contribution in [-0.4, -0.2) is 24.5 Å². The Hall–Kier alpha value is -0.570. The van der Waals surface area contributed by atoms with Crippen LogP contribution in [0.25, 0.3) is 0 Å². The fourth-order valence-electron chi connectivity index (χ4n) is 0.690. The van der Waals surface area contributed by atoms with Gasteiger partial charge in [-0.05, 0) is 5.92 Å². The molecule has 1 unspecified atom stereocenters. The second-order valence-electron chi connectivity index (χ2n) is 2.57. The number of rotatable bonds is 5. The standard InChI is InChI=1S/C7H16N2O/c1-3-7(2)4-9(5-8)6-10/h6-7H,3-5,8H2,1-2H3. The maximum Gasteiger partial charge on any atom is 0.210 e. The lowest BCUT2D eigenvalue weighted by molar-refractivity contribution is -0.118. The molecule has 0 aromatic heterocycles. The zero-order valence-corrected chi connectivity index (χ0v) is 6.71. The quantitative estimate of drug-likeness (QED) is 0.448. The average Bonchev–Trinajstić information content (AvgIpc) is 1.99. The summed E-state index contributed by atoms with van der Waals surface area (Å²) in [5.41, 5.74) is 5.28. The largest absolute Gasteiger partial charge is 0.332 e. The number of hydrogen-bond donors (Lipinski definition) is 1. The van der Waals surface area contributed by atoms with E-state index in [0.717, 1.165) is 19.4 Å². The predicted octanol–water partition coefficient (Wildman–Crippen LogP) is 0.407. The minimum absolute atomic E-state index is 0.327. The lowest BCUT2D eigenvalue weighted by Gasteiger charge is -2.18. The molecule has 3 heteroatoms. The van der Waals surface area contributed by atoms with Crippen LogP contribution in [0.15, 0.2) is 0 Å². The third kappa shape index (κ3) is 3.45. The van der Waals surface area contributed by atoms with Crippen LogP contribution in [0.2, 0.25) is 0 Å². The van der Waals surface area contributed by atoms with Gasteiger partial charge < -0.3 is 10.6 Å². The zero-order valence-electron chi connectivity index (χ0n) is 6.71. The SMILES string of the molecule is CCC(C)CN(C=O)CN. The first-order valence-electron chi connectivity index (χ1n) is 3.64. The third-order valence-electron chi connectivity index (χ3n) is 1.63. The molecule has 10 heavy (non-hydrogen) atoms. The van der Waals surface area contributed by atoms with E-state index in [1.807, 2.05) is 0 Å². The van der Waals surface area contributed by atoms with E-state index in [1.54, 1.807) is 4.90 Å². The molecule has 3 nitrogen and oxygen atoms in total. The Bertz CT molecular complexity index is 95.6. The van der Waals surface area contributed by atoms with Crippen LogP contribution in [0.1, 0.15) is 20.3 Å². The molecule has 60 valence electrons. The normalized spacial score (nSPS) is 12.7. The Balaban J connectivity index is 3.51. The number of nitrogens with two attached hydrogens (primary N) is 1. The van der Waals surface area contributed by atoms with Gasteiger partial charge in [0, 0.05) is 6.54 Å². The van der Waals surface area contributed by atoms with E-state index in [-0.39, 0.29) is 0 Å². The first-order valence-corrected chi connectivity index (χ1v) is 3.64. The fraction of sp³-hybridized carbons (Fsp3) is 0.857. The van der Waals surface area contributed by atoms with Crippen molar-refractivity contribution in [1.29, 1.82) is 0 Å². The summed E-state index contributed by atoms with van der Waals surface area (Å²) in [5.74, 6) is 0.550. The first-order chi connectivity index (χ1) is 4.74. The van der Waals surface area contributed by atoms with Gasteiger partial charge in [-0.3, -0.25) is 4.79 Å². The van der Waals surface area contributed by atoms with Gasteiger partial charge in [0.1, 0.15) is 0 Å². The van der Waals surface area contributed by atoms with E-state index in [4.69, 9.17) is 5.73 Å². The van der Waals surface area contributed by atoms with E-state index in [9.17, 15) is 4.79 Å². The van der Waals surface area contributed by atoms with Crippen molar-refractivity contribution in [1.82, 2.24) is 4.90 Å². The van der Waals surface area contributed by atoms with Gasteiger partial charge in [-0.2, -0.15) is 0 Å². The van der Waals surface area contributed by atoms with Crippen LogP contribution in [0.5, 0.6) is 0 Å². The van der Waals surface area contributed by atoms with Crippen molar-refractivity contribution in [2.24, 2.45) is 11.7 Å². The van der Waals surface area contributed by atoms with E-state index >= 15 is 0 Å². The Kier molecular flexibility index (Phi) is 4.94. The van der Waals surface area contributed by atoms with E-state index in [0.29, 0.717) is 12.6 Å². The van der Waals surface area contributed by atoms with E-state index < -0.39 is 0 Å². The summed E-state index contributed by atoms with van der Waals surface area (Å²) >= 11 is 0. The van der Waals surface area contributed by atoms with Crippen LogP contribution in [-0.2, 0) is 4.79 Å². The molecule has 0 rings (SSSR count). The summed E-state index contributed by atoms with van der Waals surface area (Å²) in [4.78, 5) is 11.8. The molecule has 0 bridgehead atoms. The smallest absolute Gasteiger partial charge is 0.210 e. The molecular weight excluding hydrogens is 128 g/mol. The van der Waals surface area contributed by atoms with Crippen molar-refractivity contribution in [2.45, 2.75) is 20.3 Å². The van der Waals surface area contributed by atoms with E-state index in [1.165, 1.54) is 0 Å². The maximum atomic E-state index is 10.2. The van der Waals surface area contributed by atoms with Gasteiger partial charge in [0.15, 0.2) is 0 Å². The summed E-state index contributed by atoms with van der Waals surface area (Å²) in [6, 6.07) is 0.